The normalized spacial score (nSPS) is 17.1. The Labute approximate surface area is 178 Å². The number of halogens is 3. The van der Waals surface area contributed by atoms with Gasteiger partial charge in [-0.1, -0.05) is 23.4 Å². The molecule has 30 heavy (non-hydrogen) atoms. The molecule has 1 amide bonds. The summed E-state index contributed by atoms with van der Waals surface area (Å²) in [5.74, 6) is -0.606. The number of fused-ring (bicyclic) bond motifs is 2. The number of allylic oxidation sites excluding steroid dienone is 1. The van der Waals surface area contributed by atoms with Crippen molar-refractivity contribution < 1.29 is 23.0 Å². The molecule has 0 unspecified atom stereocenters. The van der Waals surface area contributed by atoms with Gasteiger partial charge in [-0.3, -0.25) is 4.79 Å². The molecule has 2 aromatic rings. The van der Waals surface area contributed by atoms with Crippen LogP contribution in [0, 0.1) is 11.6 Å². The number of hydrogen-bond donors (Lipinski definition) is 1. The van der Waals surface area contributed by atoms with Gasteiger partial charge in [-0.05, 0) is 30.4 Å². The van der Waals surface area contributed by atoms with E-state index in [9.17, 15) is 13.6 Å². The van der Waals surface area contributed by atoms with Gasteiger partial charge in [-0.25, -0.2) is 13.8 Å². The smallest absolute Gasteiger partial charge is 0.255 e. The maximum absolute atomic E-state index is 14.0. The topological polar surface area (TPSA) is 63.2 Å². The van der Waals surface area contributed by atoms with Gasteiger partial charge in [-0.15, -0.1) is 0 Å². The molecule has 0 radical (unpaired) electrons. The molecule has 152 valence electrons. The van der Waals surface area contributed by atoms with Crippen molar-refractivity contribution in [3.8, 4) is 11.5 Å². The van der Waals surface area contributed by atoms with E-state index in [0.29, 0.717) is 38.4 Å². The number of benzene rings is 2. The van der Waals surface area contributed by atoms with Crippen molar-refractivity contribution in [3.63, 3.8) is 0 Å². The Hall–Kier alpha value is -3.04. The molecule has 0 spiro atoms. The first-order valence-electron chi connectivity index (χ1n) is 8.79. The van der Waals surface area contributed by atoms with Crippen LogP contribution in [0.1, 0.15) is 5.56 Å². The van der Waals surface area contributed by atoms with Gasteiger partial charge < -0.3 is 14.8 Å². The van der Waals surface area contributed by atoms with E-state index in [4.69, 9.17) is 21.1 Å². The van der Waals surface area contributed by atoms with Gasteiger partial charge >= 0.3 is 0 Å². The third kappa shape index (κ3) is 3.29. The van der Waals surface area contributed by atoms with Crippen molar-refractivity contribution in [2.24, 2.45) is 5.10 Å². The van der Waals surface area contributed by atoms with E-state index >= 15 is 0 Å². The molecule has 0 atom stereocenters. The number of rotatable bonds is 2. The molecule has 0 bridgehead atoms. The molecular weight excluding hydrogens is 436 g/mol. The molecule has 0 aliphatic carbocycles. The Kier molecular flexibility index (Phi) is 4.63. The van der Waals surface area contributed by atoms with Crippen molar-refractivity contribution >= 4 is 39.9 Å². The van der Waals surface area contributed by atoms with Crippen molar-refractivity contribution in [3.05, 3.63) is 70.4 Å². The zero-order chi connectivity index (χ0) is 20.8. The fraction of sp³-hybridized carbons (Fsp3) is 0.100. The van der Waals surface area contributed by atoms with Gasteiger partial charge in [0.25, 0.3) is 5.91 Å². The van der Waals surface area contributed by atoms with Crippen LogP contribution in [-0.4, -0.2) is 29.4 Å². The Morgan fingerprint density at radius 1 is 1.13 bits per heavy atom. The van der Waals surface area contributed by atoms with E-state index in [2.05, 4.69) is 10.4 Å². The average Bonchev–Trinajstić information content (AvgIpc) is 3.17. The zero-order valence-electron chi connectivity index (χ0n) is 15.1. The third-order valence-corrected chi connectivity index (χ3v) is 5.88. The van der Waals surface area contributed by atoms with Gasteiger partial charge in [-0.2, -0.15) is 5.10 Å². The van der Waals surface area contributed by atoms with E-state index in [1.165, 1.54) is 12.1 Å². The second-order valence-electron chi connectivity index (χ2n) is 6.46. The zero-order valence-corrected chi connectivity index (χ0v) is 16.7. The molecule has 10 heteroatoms. The number of hydrogen-bond acceptors (Lipinski definition) is 6. The summed E-state index contributed by atoms with van der Waals surface area (Å²) in [6, 6.07) is 6.62. The predicted molar refractivity (Wildman–Crippen MR) is 108 cm³/mol. The fourth-order valence-electron chi connectivity index (χ4n) is 3.22. The van der Waals surface area contributed by atoms with Crippen molar-refractivity contribution in [2.75, 3.05) is 13.5 Å². The summed E-state index contributed by atoms with van der Waals surface area (Å²) in [5, 5.41) is 9.63. The van der Waals surface area contributed by atoms with Gasteiger partial charge in [0.05, 0.1) is 16.3 Å². The Morgan fingerprint density at radius 2 is 1.93 bits per heavy atom. The van der Waals surface area contributed by atoms with Crippen LogP contribution in [0.25, 0.3) is 5.57 Å². The highest BCUT2D eigenvalue weighted by Gasteiger charge is 2.30. The van der Waals surface area contributed by atoms with Gasteiger partial charge in [0, 0.05) is 22.6 Å². The Bertz CT molecular complexity index is 1180. The first-order chi connectivity index (χ1) is 14.5. The summed E-state index contributed by atoms with van der Waals surface area (Å²) in [5.41, 5.74) is 1.36. The maximum Gasteiger partial charge on any atom is 0.255 e. The van der Waals surface area contributed by atoms with E-state index in [0.717, 1.165) is 17.8 Å². The second kappa shape index (κ2) is 7.33. The van der Waals surface area contributed by atoms with Crippen molar-refractivity contribution in [2.45, 2.75) is 4.90 Å². The number of nitrogens with one attached hydrogen (secondary N) is 1. The minimum absolute atomic E-state index is 0.0874. The molecule has 6 nitrogen and oxygen atoms in total. The lowest BCUT2D eigenvalue weighted by atomic mass is 9.99. The number of nitrogens with zero attached hydrogens (tertiary/aromatic N) is 2. The van der Waals surface area contributed by atoms with Crippen LogP contribution in [0.15, 0.2) is 58.2 Å². The number of thioether (sulfide) groups is 1. The van der Waals surface area contributed by atoms with Crippen LogP contribution in [0.4, 0.5) is 8.78 Å². The molecule has 0 saturated heterocycles. The largest absolute Gasteiger partial charge is 0.454 e. The molecule has 0 aromatic heterocycles. The molecule has 0 saturated carbocycles. The first kappa shape index (κ1) is 19.0. The summed E-state index contributed by atoms with van der Waals surface area (Å²) in [7, 11) is 0. The summed E-state index contributed by atoms with van der Waals surface area (Å²) in [6.45, 7) is 0.226. The van der Waals surface area contributed by atoms with Gasteiger partial charge in [0.1, 0.15) is 23.3 Å². The summed E-state index contributed by atoms with van der Waals surface area (Å²) < 4.78 is 37.8. The highest BCUT2D eigenvalue weighted by Crippen LogP contribution is 2.41. The first-order valence-corrected chi connectivity index (χ1v) is 9.98. The number of amides is 1. The van der Waals surface area contributed by atoms with Crippen molar-refractivity contribution in [1.82, 2.24) is 10.3 Å². The highest BCUT2D eigenvalue weighted by molar-refractivity contribution is 8.14. The molecule has 3 aliphatic heterocycles. The lowest BCUT2D eigenvalue weighted by molar-refractivity contribution is -0.116. The molecular formula is C20H12ClF2N3O3S. The second-order valence-corrected chi connectivity index (χ2v) is 7.93. The summed E-state index contributed by atoms with van der Waals surface area (Å²) in [6.07, 6.45) is 3.38. The quantitative estimate of drug-likeness (QED) is 0.750. The molecule has 2 aromatic carbocycles. The van der Waals surface area contributed by atoms with E-state index < -0.39 is 11.6 Å². The molecule has 0 fully saturated rings. The van der Waals surface area contributed by atoms with Crippen LogP contribution in [0.5, 0.6) is 11.5 Å². The van der Waals surface area contributed by atoms with E-state index in [1.807, 2.05) is 0 Å². The molecule has 1 N–H and O–H groups in total. The third-order valence-electron chi connectivity index (χ3n) is 4.59. The summed E-state index contributed by atoms with van der Waals surface area (Å²) >= 11 is 7.45. The summed E-state index contributed by atoms with van der Waals surface area (Å²) in [4.78, 5) is 12.9. The predicted octanol–water partition coefficient (Wildman–Crippen LogP) is 4.12. The van der Waals surface area contributed by atoms with Crippen molar-refractivity contribution in [1.29, 1.82) is 0 Å². The minimum Gasteiger partial charge on any atom is -0.454 e. The molecule has 3 aliphatic rings. The van der Waals surface area contributed by atoms with Crippen LogP contribution >= 0.6 is 23.4 Å². The maximum atomic E-state index is 14.0. The number of carbonyl (C=O) groups excluding carboxylic acids is 1. The van der Waals surface area contributed by atoms with E-state index in [-0.39, 0.29) is 24.3 Å². The molecule has 5 rings (SSSR count). The molecule has 3 heterocycles. The minimum atomic E-state index is -0.669. The standard InChI is InChI=1S/C20H12ClF2N3O3S/c21-12-7-16-15(28-9-29-16)6-11(12)19-14-2-4-18(25-26(14)8-24-20(19)27)30-17-3-1-10(22)5-13(17)23/h1-7H,8-9H2,(H,24,27). The van der Waals surface area contributed by atoms with Crippen LogP contribution in [0.3, 0.4) is 0 Å². The van der Waals surface area contributed by atoms with Crippen LogP contribution < -0.4 is 14.8 Å². The SMILES string of the molecule is O=C1NCN2N=C(Sc3ccc(F)cc3F)C=CC2=C1c1cc2c(cc1Cl)OCO2. The van der Waals surface area contributed by atoms with Crippen LogP contribution in [0.2, 0.25) is 5.02 Å². The Morgan fingerprint density at radius 3 is 2.73 bits per heavy atom. The monoisotopic (exact) mass is 447 g/mol. The lowest BCUT2D eigenvalue weighted by Gasteiger charge is -2.31. The lowest BCUT2D eigenvalue weighted by Crippen LogP contribution is -2.42. The van der Waals surface area contributed by atoms with Crippen LogP contribution in [-0.2, 0) is 4.79 Å². The van der Waals surface area contributed by atoms with Gasteiger partial charge in [0.15, 0.2) is 11.5 Å². The number of carbonyl (C=O) groups is 1. The van der Waals surface area contributed by atoms with E-state index in [1.54, 1.807) is 29.3 Å². The number of ether oxygens (including phenoxy) is 2. The Balaban J connectivity index is 1.51. The average molecular weight is 448 g/mol. The number of hydrazone groups is 1. The highest BCUT2D eigenvalue weighted by atomic mass is 35.5. The fourth-order valence-corrected chi connectivity index (χ4v) is 4.26. The van der Waals surface area contributed by atoms with Gasteiger partial charge in [0.2, 0.25) is 6.79 Å².